The van der Waals surface area contributed by atoms with Gasteiger partial charge in [-0.05, 0) is 32.4 Å². The van der Waals surface area contributed by atoms with Crippen LogP contribution in [0.4, 0.5) is 0 Å². The molecule has 1 aromatic heterocycles. The van der Waals surface area contributed by atoms with Gasteiger partial charge in [0, 0.05) is 5.02 Å². The van der Waals surface area contributed by atoms with E-state index in [1.807, 2.05) is 39.0 Å². The normalized spacial score (nSPS) is 12.2. The van der Waals surface area contributed by atoms with E-state index < -0.39 is 0 Å². The number of nitrogens with one attached hydrogen (secondary N) is 1. The lowest BCUT2D eigenvalue weighted by molar-refractivity contribution is -0.122. The molecule has 0 saturated carbocycles. The molecule has 0 unspecified atom stereocenters. The third-order valence-corrected chi connectivity index (χ3v) is 4.23. The number of amides is 1. The number of benzene rings is 1. The first-order valence-corrected chi connectivity index (χ1v) is 7.39. The second-order valence-corrected chi connectivity index (χ2v) is 5.74. The Morgan fingerprint density at radius 3 is 2.57 bits per heavy atom. The van der Waals surface area contributed by atoms with Gasteiger partial charge < -0.3 is 5.32 Å². The van der Waals surface area contributed by atoms with Gasteiger partial charge in [-0.25, -0.2) is 0 Å². The molecule has 21 heavy (non-hydrogen) atoms. The Labute approximate surface area is 134 Å². The monoisotopic (exact) mass is 325 g/mol. The molecule has 1 N–H and O–H groups in total. The van der Waals surface area contributed by atoms with Gasteiger partial charge in [0.15, 0.2) is 0 Å². The molecule has 1 aromatic carbocycles. The van der Waals surface area contributed by atoms with Crippen molar-refractivity contribution < 1.29 is 4.79 Å². The maximum Gasteiger partial charge on any atom is 0.242 e. The van der Waals surface area contributed by atoms with Gasteiger partial charge in [0.1, 0.15) is 6.54 Å². The zero-order chi connectivity index (χ0) is 15.6. The van der Waals surface area contributed by atoms with Crippen LogP contribution in [0.5, 0.6) is 0 Å². The van der Waals surface area contributed by atoms with Crippen LogP contribution in [0.3, 0.4) is 0 Å². The van der Waals surface area contributed by atoms with Crippen LogP contribution < -0.4 is 5.32 Å². The minimum absolute atomic E-state index is 0.133. The molecule has 6 heteroatoms. The van der Waals surface area contributed by atoms with Crippen molar-refractivity contribution in [2.75, 3.05) is 0 Å². The van der Waals surface area contributed by atoms with Crippen LogP contribution in [0.15, 0.2) is 24.3 Å². The summed E-state index contributed by atoms with van der Waals surface area (Å²) in [6.45, 7) is 5.69. The van der Waals surface area contributed by atoms with Gasteiger partial charge >= 0.3 is 0 Å². The molecule has 4 nitrogen and oxygen atoms in total. The first kappa shape index (κ1) is 15.9. The molecule has 0 aliphatic carbocycles. The average Bonchev–Trinajstić information content (AvgIpc) is 2.66. The predicted molar refractivity (Wildman–Crippen MR) is 84.7 cm³/mol. The molecule has 1 heterocycles. The molecular weight excluding hydrogens is 309 g/mol. The number of hydrogen-bond donors (Lipinski definition) is 1. The summed E-state index contributed by atoms with van der Waals surface area (Å²) in [6.07, 6.45) is 0. The van der Waals surface area contributed by atoms with E-state index in [1.165, 1.54) is 0 Å². The second-order valence-electron chi connectivity index (χ2n) is 4.95. The number of aromatic nitrogens is 2. The molecule has 0 saturated heterocycles. The highest BCUT2D eigenvalue weighted by Crippen LogP contribution is 2.22. The maximum absolute atomic E-state index is 12.1. The highest BCUT2D eigenvalue weighted by molar-refractivity contribution is 6.32. The van der Waals surface area contributed by atoms with Crippen LogP contribution in [0.25, 0.3) is 0 Å². The van der Waals surface area contributed by atoms with Crippen molar-refractivity contribution in [2.24, 2.45) is 0 Å². The van der Waals surface area contributed by atoms with Gasteiger partial charge in [-0.1, -0.05) is 41.4 Å². The summed E-state index contributed by atoms with van der Waals surface area (Å²) in [4.78, 5) is 12.1. The molecule has 0 aliphatic heterocycles. The predicted octanol–water partition coefficient (Wildman–Crippen LogP) is 3.68. The molecule has 0 aliphatic rings. The van der Waals surface area contributed by atoms with E-state index in [9.17, 15) is 4.79 Å². The summed E-state index contributed by atoms with van der Waals surface area (Å²) >= 11 is 12.2. The number of rotatable bonds is 4. The van der Waals surface area contributed by atoms with Crippen molar-refractivity contribution in [3.63, 3.8) is 0 Å². The van der Waals surface area contributed by atoms with Crippen LogP contribution in [0.1, 0.15) is 29.9 Å². The summed E-state index contributed by atoms with van der Waals surface area (Å²) in [7, 11) is 0. The number of aryl methyl sites for hydroxylation is 1. The van der Waals surface area contributed by atoms with Gasteiger partial charge in [0.25, 0.3) is 0 Å². The number of halogens is 2. The standard InChI is InChI=1S/C15H17Cl2N3O/c1-9(12-6-4-5-7-13(12)16)18-14(21)8-20-11(3)15(17)10(2)19-20/h4-7,9H,8H2,1-3H3,(H,18,21)/t9-/m1/s1. The summed E-state index contributed by atoms with van der Waals surface area (Å²) in [5.74, 6) is -0.135. The van der Waals surface area contributed by atoms with Gasteiger partial charge in [-0.2, -0.15) is 5.10 Å². The van der Waals surface area contributed by atoms with Crippen LogP contribution in [0, 0.1) is 13.8 Å². The molecule has 0 spiro atoms. The molecule has 0 bridgehead atoms. The lowest BCUT2D eigenvalue weighted by Gasteiger charge is -2.16. The van der Waals surface area contributed by atoms with Gasteiger partial charge in [-0.15, -0.1) is 0 Å². The fourth-order valence-corrected chi connectivity index (χ4v) is 2.59. The van der Waals surface area contributed by atoms with E-state index in [0.29, 0.717) is 10.0 Å². The summed E-state index contributed by atoms with van der Waals surface area (Å²) in [5, 5.41) is 8.40. The van der Waals surface area contributed by atoms with Crippen molar-refractivity contribution in [1.29, 1.82) is 0 Å². The summed E-state index contributed by atoms with van der Waals surface area (Å²) in [6, 6.07) is 7.29. The lowest BCUT2D eigenvalue weighted by atomic mass is 10.1. The van der Waals surface area contributed by atoms with E-state index in [-0.39, 0.29) is 18.5 Å². The smallest absolute Gasteiger partial charge is 0.242 e. The minimum Gasteiger partial charge on any atom is -0.348 e. The zero-order valence-corrected chi connectivity index (χ0v) is 13.7. The van der Waals surface area contributed by atoms with E-state index in [4.69, 9.17) is 23.2 Å². The Kier molecular flexibility index (Phi) is 4.91. The minimum atomic E-state index is -0.168. The fraction of sp³-hybridized carbons (Fsp3) is 0.333. The summed E-state index contributed by atoms with van der Waals surface area (Å²) < 4.78 is 1.60. The molecule has 2 aromatic rings. The van der Waals surface area contributed by atoms with Gasteiger partial charge in [0.05, 0.1) is 22.5 Å². The SMILES string of the molecule is Cc1nn(CC(=O)N[C@H](C)c2ccccc2Cl)c(C)c1Cl. The van der Waals surface area contributed by atoms with Crippen molar-refractivity contribution in [3.8, 4) is 0 Å². The Morgan fingerprint density at radius 2 is 2.00 bits per heavy atom. The van der Waals surface area contributed by atoms with Crippen LogP contribution >= 0.6 is 23.2 Å². The van der Waals surface area contributed by atoms with Crippen LogP contribution in [-0.4, -0.2) is 15.7 Å². The third-order valence-electron chi connectivity index (χ3n) is 3.34. The number of carbonyl (C=O) groups is 1. The Morgan fingerprint density at radius 1 is 1.33 bits per heavy atom. The van der Waals surface area contributed by atoms with Crippen molar-refractivity contribution in [2.45, 2.75) is 33.4 Å². The average molecular weight is 326 g/mol. The van der Waals surface area contributed by atoms with Crippen LogP contribution in [-0.2, 0) is 11.3 Å². The van der Waals surface area contributed by atoms with Crippen molar-refractivity contribution in [1.82, 2.24) is 15.1 Å². The molecule has 2 rings (SSSR count). The largest absolute Gasteiger partial charge is 0.348 e. The van der Waals surface area contributed by atoms with E-state index in [1.54, 1.807) is 10.7 Å². The van der Waals surface area contributed by atoms with Gasteiger partial charge in [-0.3, -0.25) is 9.48 Å². The van der Waals surface area contributed by atoms with E-state index in [0.717, 1.165) is 17.0 Å². The quantitative estimate of drug-likeness (QED) is 0.931. The molecule has 1 amide bonds. The molecular formula is C15H17Cl2N3O. The third kappa shape index (κ3) is 3.57. The first-order valence-electron chi connectivity index (χ1n) is 6.63. The zero-order valence-electron chi connectivity index (χ0n) is 12.2. The first-order chi connectivity index (χ1) is 9.90. The fourth-order valence-electron chi connectivity index (χ4n) is 2.16. The highest BCUT2D eigenvalue weighted by atomic mass is 35.5. The van der Waals surface area contributed by atoms with E-state index >= 15 is 0 Å². The van der Waals surface area contributed by atoms with Crippen LogP contribution in [0.2, 0.25) is 10.0 Å². The Balaban J connectivity index is 2.05. The molecule has 0 fully saturated rings. The highest BCUT2D eigenvalue weighted by Gasteiger charge is 2.15. The Bertz CT molecular complexity index is 667. The van der Waals surface area contributed by atoms with Gasteiger partial charge in [0.2, 0.25) is 5.91 Å². The maximum atomic E-state index is 12.1. The molecule has 112 valence electrons. The number of hydrogen-bond acceptors (Lipinski definition) is 2. The van der Waals surface area contributed by atoms with E-state index in [2.05, 4.69) is 10.4 Å². The second kappa shape index (κ2) is 6.50. The number of carbonyl (C=O) groups excluding carboxylic acids is 1. The molecule has 0 radical (unpaired) electrons. The number of nitrogens with zero attached hydrogens (tertiary/aromatic N) is 2. The van der Waals surface area contributed by atoms with Crippen molar-refractivity contribution >= 4 is 29.1 Å². The summed E-state index contributed by atoms with van der Waals surface area (Å²) in [5.41, 5.74) is 2.40. The van der Waals surface area contributed by atoms with Crippen molar-refractivity contribution in [3.05, 3.63) is 51.3 Å². The Hall–Kier alpha value is -1.52. The topological polar surface area (TPSA) is 46.9 Å². The molecule has 1 atom stereocenters. The lowest BCUT2D eigenvalue weighted by Crippen LogP contribution is -2.30.